The first-order chi connectivity index (χ1) is 11.7. The summed E-state index contributed by atoms with van der Waals surface area (Å²) in [6, 6.07) is 17.3. The van der Waals surface area contributed by atoms with E-state index in [1.165, 1.54) is 10.4 Å². The number of hydrazone groups is 1. The van der Waals surface area contributed by atoms with E-state index in [0.29, 0.717) is 5.82 Å². The zero-order valence-corrected chi connectivity index (χ0v) is 13.1. The lowest BCUT2D eigenvalue weighted by Crippen LogP contribution is -2.24. The third kappa shape index (κ3) is 4.10. The SMILES string of the molecule is Cc1ccc(/C=N/NC(=O)Cn2nnc(-c3ccccc3)n2)cc1. The van der Waals surface area contributed by atoms with E-state index in [0.717, 1.165) is 11.1 Å². The van der Waals surface area contributed by atoms with Crippen molar-refractivity contribution in [2.75, 3.05) is 0 Å². The molecule has 0 aliphatic heterocycles. The lowest BCUT2D eigenvalue weighted by Gasteiger charge is -1.98. The molecule has 0 saturated heterocycles. The van der Waals surface area contributed by atoms with Gasteiger partial charge in [0, 0.05) is 5.56 Å². The molecule has 0 spiro atoms. The molecule has 7 nitrogen and oxygen atoms in total. The molecule has 0 aliphatic rings. The normalized spacial score (nSPS) is 10.9. The molecular formula is C17H16N6O. The number of hydrogen-bond donors (Lipinski definition) is 1. The lowest BCUT2D eigenvalue weighted by molar-refractivity contribution is -0.122. The van der Waals surface area contributed by atoms with Crippen LogP contribution >= 0.6 is 0 Å². The molecule has 0 unspecified atom stereocenters. The van der Waals surface area contributed by atoms with E-state index in [-0.39, 0.29) is 12.5 Å². The highest BCUT2D eigenvalue weighted by molar-refractivity contribution is 5.82. The topological polar surface area (TPSA) is 85.1 Å². The van der Waals surface area contributed by atoms with Gasteiger partial charge >= 0.3 is 0 Å². The van der Waals surface area contributed by atoms with Crippen LogP contribution in [0.3, 0.4) is 0 Å². The summed E-state index contributed by atoms with van der Waals surface area (Å²) < 4.78 is 0. The third-order valence-corrected chi connectivity index (χ3v) is 3.25. The molecular weight excluding hydrogens is 304 g/mol. The number of rotatable bonds is 5. The number of nitrogens with one attached hydrogen (secondary N) is 1. The van der Waals surface area contributed by atoms with Gasteiger partial charge in [0.1, 0.15) is 6.54 Å². The Morgan fingerprint density at radius 2 is 1.92 bits per heavy atom. The Hall–Kier alpha value is -3.35. The third-order valence-electron chi connectivity index (χ3n) is 3.25. The number of tetrazole rings is 1. The number of aryl methyl sites for hydroxylation is 1. The van der Waals surface area contributed by atoms with Gasteiger partial charge in [-0.2, -0.15) is 9.90 Å². The minimum atomic E-state index is -0.324. The summed E-state index contributed by atoms with van der Waals surface area (Å²) in [7, 11) is 0. The first-order valence-corrected chi connectivity index (χ1v) is 7.42. The number of nitrogens with zero attached hydrogens (tertiary/aromatic N) is 5. The minimum Gasteiger partial charge on any atom is -0.271 e. The van der Waals surface area contributed by atoms with Gasteiger partial charge in [0.25, 0.3) is 5.91 Å². The van der Waals surface area contributed by atoms with Crippen LogP contribution in [-0.2, 0) is 11.3 Å². The van der Waals surface area contributed by atoms with Gasteiger partial charge in [-0.1, -0.05) is 60.2 Å². The summed E-state index contributed by atoms with van der Waals surface area (Å²) in [5.41, 5.74) is 5.37. The second-order valence-electron chi connectivity index (χ2n) is 5.21. The first-order valence-electron chi connectivity index (χ1n) is 7.42. The van der Waals surface area contributed by atoms with Gasteiger partial charge in [0.2, 0.25) is 5.82 Å². The van der Waals surface area contributed by atoms with Crippen LogP contribution in [0.2, 0.25) is 0 Å². The summed E-state index contributed by atoms with van der Waals surface area (Å²) in [6.07, 6.45) is 1.58. The maximum atomic E-state index is 11.8. The largest absolute Gasteiger partial charge is 0.271 e. The van der Waals surface area contributed by atoms with Crippen molar-refractivity contribution in [3.63, 3.8) is 0 Å². The molecule has 3 aromatic rings. The summed E-state index contributed by atoms with van der Waals surface area (Å²) in [5, 5.41) is 15.9. The van der Waals surface area contributed by atoms with Gasteiger partial charge in [-0.25, -0.2) is 5.43 Å². The highest BCUT2D eigenvalue weighted by atomic mass is 16.2. The van der Waals surface area contributed by atoms with Crippen LogP contribution in [0.5, 0.6) is 0 Å². The molecule has 120 valence electrons. The zero-order chi connectivity index (χ0) is 16.8. The molecule has 0 atom stereocenters. The number of carbonyl (C=O) groups excluding carboxylic acids is 1. The molecule has 0 bridgehead atoms. The Morgan fingerprint density at radius 1 is 1.17 bits per heavy atom. The van der Waals surface area contributed by atoms with Gasteiger partial charge < -0.3 is 0 Å². The average Bonchev–Trinajstić information content (AvgIpc) is 3.06. The van der Waals surface area contributed by atoms with E-state index in [4.69, 9.17) is 0 Å². The summed E-state index contributed by atoms with van der Waals surface area (Å²) >= 11 is 0. The molecule has 1 N–H and O–H groups in total. The molecule has 1 amide bonds. The van der Waals surface area contributed by atoms with Crippen molar-refractivity contribution >= 4 is 12.1 Å². The minimum absolute atomic E-state index is 0.0505. The highest BCUT2D eigenvalue weighted by Crippen LogP contribution is 2.11. The zero-order valence-electron chi connectivity index (χ0n) is 13.1. The van der Waals surface area contributed by atoms with E-state index in [1.807, 2.05) is 61.5 Å². The van der Waals surface area contributed by atoms with Crippen molar-refractivity contribution in [1.82, 2.24) is 25.6 Å². The molecule has 3 rings (SSSR count). The number of carbonyl (C=O) groups is 1. The average molecular weight is 320 g/mol. The van der Waals surface area contributed by atoms with Gasteiger partial charge in [-0.05, 0) is 17.7 Å². The fraction of sp³-hybridized carbons (Fsp3) is 0.118. The number of amides is 1. The van der Waals surface area contributed by atoms with Gasteiger partial charge in [-0.3, -0.25) is 4.79 Å². The van der Waals surface area contributed by atoms with Crippen LogP contribution in [0.25, 0.3) is 11.4 Å². The smallest absolute Gasteiger partial charge is 0.263 e. The van der Waals surface area contributed by atoms with Crippen LogP contribution < -0.4 is 5.43 Å². The molecule has 0 saturated carbocycles. The molecule has 0 radical (unpaired) electrons. The maximum Gasteiger partial charge on any atom is 0.263 e. The summed E-state index contributed by atoms with van der Waals surface area (Å²) in [4.78, 5) is 13.1. The Kier molecular flexibility index (Phi) is 4.71. The maximum absolute atomic E-state index is 11.8. The molecule has 1 heterocycles. The van der Waals surface area contributed by atoms with Gasteiger partial charge in [0.05, 0.1) is 6.21 Å². The number of aromatic nitrogens is 4. The van der Waals surface area contributed by atoms with Crippen LogP contribution in [0, 0.1) is 6.92 Å². The van der Waals surface area contributed by atoms with Crippen molar-refractivity contribution < 1.29 is 4.79 Å². The summed E-state index contributed by atoms with van der Waals surface area (Å²) in [5.74, 6) is 0.155. The highest BCUT2D eigenvalue weighted by Gasteiger charge is 2.08. The van der Waals surface area contributed by atoms with E-state index in [9.17, 15) is 4.79 Å². The quantitative estimate of drug-likeness (QED) is 0.574. The predicted octanol–water partition coefficient (Wildman–Crippen LogP) is 1.80. The van der Waals surface area contributed by atoms with Crippen LogP contribution in [0.15, 0.2) is 59.7 Å². The van der Waals surface area contributed by atoms with Crippen LogP contribution in [-0.4, -0.2) is 32.3 Å². The number of benzene rings is 2. The number of hydrogen-bond acceptors (Lipinski definition) is 5. The van der Waals surface area contributed by atoms with E-state index >= 15 is 0 Å². The fourth-order valence-electron chi connectivity index (χ4n) is 2.01. The second-order valence-corrected chi connectivity index (χ2v) is 5.21. The predicted molar refractivity (Wildman–Crippen MR) is 90.2 cm³/mol. The Balaban J connectivity index is 1.55. The fourth-order valence-corrected chi connectivity index (χ4v) is 2.01. The van der Waals surface area contributed by atoms with Crippen LogP contribution in [0.4, 0.5) is 0 Å². The van der Waals surface area contributed by atoms with Crippen molar-refractivity contribution in [2.24, 2.45) is 5.10 Å². The standard InChI is InChI=1S/C17H16N6O/c1-13-7-9-14(10-8-13)11-18-19-16(24)12-23-21-17(20-22-23)15-5-3-2-4-6-15/h2-11H,12H2,1H3,(H,19,24)/b18-11+. The summed E-state index contributed by atoms with van der Waals surface area (Å²) in [6.45, 7) is 1.96. The van der Waals surface area contributed by atoms with Crippen molar-refractivity contribution in [1.29, 1.82) is 0 Å². The molecule has 2 aromatic carbocycles. The Morgan fingerprint density at radius 3 is 2.67 bits per heavy atom. The van der Waals surface area contributed by atoms with E-state index < -0.39 is 0 Å². The van der Waals surface area contributed by atoms with Crippen molar-refractivity contribution in [3.05, 3.63) is 65.7 Å². The van der Waals surface area contributed by atoms with E-state index in [1.54, 1.807) is 6.21 Å². The molecule has 0 fully saturated rings. The first kappa shape index (κ1) is 15.5. The lowest BCUT2D eigenvalue weighted by atomic mass is 10.2. The van der Waals surface area contributed by atoms with Crippen LogP contribution in [0.1, 0.15) is 11.1 Å². The van der Waals surface area contributed by atoms with Crippen molar-refractivity contribution in [3.8, 4) is 11.4 Å². The Labute approximate surface area is 139 Å². The van der Waals surface area contributed by atoms with Gasteiger partial charge in [0.15, 0.2) is 0 Å². The van der Waals surface area contributed by atoms with E-state index in [2.05, 4.69) is 25.9 Å². The molecule has 7 heteroatoms. The second kappa shape index (κ2) is 7.28. The monoisotopic (exact) mass is 320 g/mol. The Bertz CT molecular complexity index is 839. The van der Waals surface area contributed by atoms with Crippen molar-refractivity contribution in [2.45, 2.75) is 13.5 Å². The van der Waals surface area contributed by atoms with Gasteiger partial charge in [-0.15, -0.1) is 10.2 Å². The molecule has 0 aliphatic carbocycles. The molecule has 1 aromatic heterocycles. The molecule has 24 heavy (non-hydrogen) atoms.